The van der Waals surface area contributed by atoms with Crippen LogP contribution in [0.25, 0.3) is 0 Å². The molecule has 27 heavy (non-hydrogen) atoms. The molecule has 140 valence electrons. The van der Waals surface area contributed by atoms with Gasteiger partial charge in [-0.3, -0.25) is 4.79 Å². The molecule has 0 aliphatic heterocycles. The van der Waals surface area contributed by atoms with Gasteiger partial charge in [0.1, 0.15) is 29.7 Å². The molecule has 0 bridgehead atoms. The van der Waals surface area contributed by atoms with Gasteiger partial charge in [-0.1, -0.05) is 12.1 Å². The molecule has 6 heteroatoms. The van der Waals surface area contributed by atoms with Gasteiger partial charge in [-0.2, -0.15) is 0 Å². The van der Waals surface area contributed by atoms with Crippen LogP contribution in [0.2, 0.25) is 0 Å². The fraction of sp³-hybridized carbons (Fsp3) is 0.190. The molecular formula is C21H20FNO4. The lowest BCUT2D eigenvalue weighted by Gasteiger charge is -2.06. The Balaban J connectivity index is 1.49. The van der Waals surface area contributed by atoms with E-state index in [0.717, 1.165) is 11.3 Å². The van der Waals surface area contributed by atoms with Gasteiger partial charge in [0.25, 0.3) is 5.91 Å². The van der Waals surface area contributed by atoms with Crippen molar-refractivity contribution in [1.82, 2.24) is 5.32 Å². The van der Waals surface area contributed by atoms with E-state index in [0.29, 0.717) is 18.1 Å². The Morgan fingerprint density at radius 1 is 0.963 bits per heavy atom. The van der Waals surface area contributed by atoms with Crippen molar-refractivity contribution >= 4 is 5.91 Å². The molecule has 0 aliphatic rings. The quantitative estimate of drug-likeness (QED) is 0.642. The molecular weight excluding hydrogens is 349 g/mol. The number of hydrogen-bond acceptors (Lipinski definition) is 4. The molecule has 5 nitrogen and oxygen atoms in total. The monoisotopic (exact) mass is 369 g/mol. The van der Waals surface area contributed by atoms with Crippen molar-refractivity contribution in [3.05, 3.63) is 83.6 Å². The molecule has 0 radical (unpaired) electrons. The van der Waals surface area contributed by atoms with Gasteiger partial charge in [0.05, 0.1) is 6.61 Å². The second-order valence-corrected chi connectivity index (χ2v) is 5.77. The summed E-state index contributed by atoms with van der Waals surface area (Å²) in [5.41, 5.74) is 0.801. The minimum Gasteiger partial charge on any atom is -0.494 e. The number of amides is 1. The summed E-state index contributed by atoms with van der Waals surface area (Å²) in [6, 6.07) is 16.5. The normalized spacial score (nSPS) is 10.4. The van der Waals surface area contributed by atoms with Crippen LogP contribution in [0.15, 0.2) is 65.1 Å². The van der Waals surface area contributed by atoms with Crippen LogP contribution >= 0.6 is 0 Å². The number of halogens is 1. The SMILES string of the molecule is CCOc1ccc(OCc2ccc(C(=O)NCc3ccc(F)cc3)o2)cc1. The number of nitrogens with one attached hydrogen (secondary N) is 1. The number of furan rings is 1. The Kier molecular flexibility index (Phi) is 6.10. The van der Waals surface area contributed by atoms with E-state index in [2.05, 4.69) is 5.32 Å². The number of hydrogen-bond donors (Lipinski definition) is 1. The van der Waals surface area contributed by atoms with E-state index in [4.69, 9.17) is 13.9 Å². The average molecular weight is 369 g/mol. The third kappa shape index (κ3) is 5.34. The summed E-state index contributed by atoms with van der Waals surface area (Å²) in [5.74, 6) is 1.54. The first-order valence-corrected chi connectivity index (χ1v) is 8.61. The molecule has 0 spiro atoms. The highest BCUT2D eigenvalue weighted by molar-refractivity contribution is 5.91. The van der Waals surface area contributed by atoms with Crippen LogP contribution in [0, 0.1) is 5.82 Å². The molecule has 0 atom stereocenters. The Labute approximate surface area is 156 Å². The Hall–Kier alpha value is -3.28. The largest absolute Gasteiger partial charge is 0.494 e. The maximum atomic E-state index is 12.9. The predicted octanol–water partition coefficient (Wildman–Crippen LogP) is 4.33. The fourth-order valence-corrected chi connectivity index (χ4v) is 2.40. The lowest BCUT2D eigenvalue weighted by atomic mass is 10.2. The Bertz CT molecular complexity index is 872. The van der Waals surface area contributed by atoms with Crippen LogP contribution in [-0.2, 0) is 13.2 Å². The van der Waals surface area contributed by atoms with Gasteiger partial charge in [0.15, 0.2) is 5.76 Å². The van der Waals surface area contributed by atoms with E-state index >= 15 is 0 Å². The first kappa shape index (κ1) is 18.5. The Morgan fingerprint density at radius 2 is 1.63 bits per heavy atom. The minimum absolute atomic E-state index is 0.197. The molecule has 2 aromatic carbocycles. The maximum Gasteiger partial charge on any atom is 0.287 e. The zero-order chi connectivity index (χ0) is 19.1. The smallest absolute Gasteiger partial charge is 0.287 e. The van der Waals surface area contributed by atoms with Gasteiger partial charge >= 0.3 is 0 Å². The second-order valence-electron chi connectivity index (χ2n) is 5.77. The third-order valence-electron chi connectivity index (χ3n) is 3.77. The van der Waals surface area contributed by atoms with E-state index in [-0.39, 0.29) is 30.6 Å². The summed E-state index contributed by atoms with van der Waals surface area (Å²) in [4.78, 5) is 12.1. The summed E-state index contributed by atoms with van der Waals surface area (Å²) < 4.78 is 29.4. The lowest BCUT2D eigenvalue weighted by molar-refractivity contribution is 0.0919. The minimum atomic E-state index is -0.341. The summed E-state index contributed by atoms with van der Waals surface area (Å²) in [6.07, 6.45) is 0. The van der Waals surface area contributed by atoms with Crippen molar-refractivity contribution < 1.29 is 23.1 Å². The summed E-state index contributed by atoms with van der Waals surface area (Å²) in [6.45, 7) is 3.03. The summed E-state index contributed by atoms with van der Waals surface area (Å²) >= 11 is 0. The first-order chi connectivity index (χ1) is 13.1. The Morgan fingerprint density at radius 3 is 2.30 bits per heavy atom. The van der Waals surface area contributed by atoms with E-state index in [9.17, 15) is 9.18 Å². The van der Waals surface area contributed by atoms with Crippen LogP contribution in [0.4, 0.5) is 4.39 Å². The lowest BCUT2D eigenvalue weighted by Crippen LogP contribution is -2.22. The first-order valence-electron chi connectivity index (χ1n) is 8.61. The van der Waals surface area contributed by atoms with E-state index in [1.807, 2.05) is 31.2 Å². The molecule has 1 amide bonds. The van der Waals surface area contributed by atoms with Crippen LogP contribution in [-0.4, -0.2) is 12.5 Å². The van der Waals surface area contributed by atoms with Gasteiger partial charge < -0.3 is 19.2 Å². The van der Waals surface area contributed by atoms with Crippen molar-refractivity contribution in [1.29, 1.82) is 0 Å². The zero-order valence-corrected chi connectivity index (χ0v) is 14.9. The van der Waals surface area contributed by atoms with Crippen LogP contribution in [0.3, 0.4) is 0 Å². The van der Waals surface area contributed by atoms with E-state index in [1.165, 1.54) is 12.1 Å². The van der Waals surface area contributed by atoms with E-state index in [1.54, 1.807) is 24.3 Å². The van der Waals surface area contributed by atoms with E-state index < -0.39 is 0 Å². The second kappa shape index (κ2) is 8.89. The molecule has 0 aliphatic carbocycles. The highest BCUT2D eigenvalue weighted by Crippen LogP contribution is 2.19. The van der Waals surface area contributed by atoms with Crippen molar-refractivity contribution in [3.63, 3.8) is 0 Å². The van der Waals surface area contributed by atoms with Gasteiger partial charge in [0, 0.05) is 6.54 Å². The molecule has 3 aromatic rings. The molecule has 0 unspecified atom stereocenters. The highest BCUT2D eigenvalue weighted by Gasteiger charge is 2.11. The van der Waals surface area contributed by atoms with Crippen molar-refractivity contribution in [3.8, 4) is 11.5 Å². The van der Waals surface area contributed by atoms with Gasteiger partial charge in [-0.25, -0.2) is 4.39 Å². The number of carbonyl (C=O) groups is 1. The zero-order valence-electron chi connectivity index (χ0n) is 14.9. The average Bonchev–Trinajstić information content (AvgIpc) is 3.16. The summed E-state index contributed by atoms with van der Waals surface area (Å²) in [5, 5.41) is 2.73. The van der Waals surface area contributed by atoms with Crippen LogP contribution in [0.1, 0.15) is 28.8 Å². The molecule has 1 heterocycles. The van der Waals surface area contributed by atoms with Gasteiger partial charge in [-0.15, -0.1) is 0 Å². The fourth-order valence-electron chi connectivity index (χ4n) is 2.40. The molecule has 3 rings (SSSR count). The summed E-state index contributed by atoms with van der Waals surface area (Å²) in [7, 11) is 0. The third-order valence-corrected chi connectivity index (χ3v) is 3.77. The number of rotatable bonds is 8. The molecule has 0 saturated heterocycles. The van der Waals surface area contributed by atoms with Gasteiger partial charge in [-0.05, 0) is 61.0 Å². The van der Waals surface area contributed by atoms with Crippen molar-refractivity contribution in [2.75, 3.05) is 6.61 Å². The number of benzene rings is 2. The van der Waals surface area contributed by atoms with Crippen molar-refractivity contribution in [2.45, 2.75) is 20.1 Å². The van der Waals surface area contributed by atoms with Crippen LogP contribution < -0.4 is 14.8 Å². The number of carbonyl (C=O) groups excluding carboxylic acids is 1. The maximum absolute atomic E-state index is 12.9. The highest BCUT2D eigenvalue weighted by atomic mass is 19.1. The number of ether oxygens (including phenoxy) is 2. The van der Waals surface area contributed by atoms with Gasteiger partial charge in [0.2, 0.25) is 0 Å². The molecule has 0 fully saturated rings. The van der Waals surface area contributed by atoms with Crippen LogP contribution in [0.5, 0.6) is 11.5 Å². The van der Waals surface area contributed by atoms with Crippen molar-refractivity contribution in [2.24, 2.45) is 0 Å². The molecule has 0 saturated carbocycles. The predicted molar refractivity (Wildman–Crippen MR) is 98.2 cm³/mol. The molecule has 1 N–H and O–H groups in total. The molecule has 1 aromatic heterocycles. The standard InChI is InChI=1S/C21H20FNO4/c1-2-25-17-7-9-18(10-8-17)26-14-19-11-12-20(27-19)21(24)23-13-15-3-5-16(22)6-4-15/h3-12H,2,13-14H2,1H3,(H,23,24). The topological polar surface area (TPSA) is 60.7 Å².